The molecule has 2 rings (SSSR count). The molecule has 0 nitrogen and oxygen atoms in total. The maximum absolute atomic E-state index is 2.65. The maximum atomic E-state index is 2.65. The van der Waals surface area contributed by atoms with E-state index in [1.54, 1.807) is 0 Å². The summed E-state index contributed by atoms with van der Waals surface area (Å²) in [4.78, 5) is 0. The zero-order valence-electron chi connectivity index (χ0n) is 26.0. The van der Waals surface area contributed by atoms with E-state index in [4.69, 9.17) is 0 Å². The SMILES string of the molecule is CCC(C)(C)C1C(C)CC(C(C)(C)C)C(C(C)C(C)CCC(C)C2CC2CCCC(C)C)C1C. The highest BCUT2D eigenvalue weighted by atomic mass is 14.6. The van der Waals surface area contributed by atoms with E-state index >= 15 is 0 Å². The van der Waals surface area contributed by atoms with E-state index < -0.39 is 0 Å². The lowest BCUT2D eigenvalue weighted by atomic mass is 9.48. The van der Waals surface area contributed by atoms with Gasteiger partial charge in [-0.05, 0) is 88.8 Å². The zero-order chi connectivity index (χ0) is 26.0. The normalized spacial score (nSPS) is 35.3. The molecule has 0 spiro atoms. The predicted octanol–water partition coefficient (Wildman–Crippen LogP) is 11.1. The van der Waals surface area contributed by atoms with Gasteiger partial charge in [0.1, 0.15) is 0 Å². The molecule has 2 fully saturated rings. The smallest absolute Gasteiger partial charge is 0.0308 e. The van der Waals surface area contributed by atoms with E-state index in [0.717, 1.165) is 65.1 Å². The second-order valence-corrected chi connectivity index (χ2v) is 15.9. The minimum Gasteiger partial charge on any atom is -0.0649 e. The molecule has 0 aliphatic heterocycles. The van der Waals surface area contributed by atoms with E-state index in [9.17, 15) is 0 Å². The van der Waals surface area contributed by atoms with Crippen LogP contribution in [0.2, 0.25) is 0 Å². The van der Waals surface area contributed by atoms with E-state index in [-0.39, 0.29) is 0 Å². The molecule has 0 aromatic heterocycles. The van der Waals surface area contributed by atoms with Crippen LogP contribution in [0.1, 0.15) is 141 Å². The van der Waals surface area contributed by atoms with E-state index in [0.29, 0.717) is 10.8 Å². The Bertz CT molecular complexity index is 592. The summed E-state index contributed by atoms with van der Waals surface area (Å²) in [6.45, 7) is 32.9. The van der Waals surface area contributed by atoms with Gasteiger partial charge < -0.3 is 0 Å². The Morgan fingerprint density at radius 2 is 1.44 bits per heavy atom. The molecular formula is C34H66. The third-order valence-corrected chi connectivity index (χ3v) is 11.4. The Labute approximate surface area is 217 Å². The van der Waals surface area contributed by atoms with Crippen molar-refractivity contribution in [3.05, 3.63) is 0 Å². The summed E-state index contributed by atoms with van der Waals surface area (Å²) in [5.41, 5.74) is 0.862. The lowest BCUT2D eigenvalue weighted by Crippen LogP contribution is -2.50. The van der Waals surface area contributed by atoms with Crippen molar-refractivity contribution in [3.63, 3.8) is 0 Å². The first-order valence-electron chi connectivity index (χ1n) is 15.6. The van der Waals surface area contributed by atoms with E-state index in [1.165, 1.54) is 51.4 Å². The molecular weight excluding hydrogens is 408 g/mol. The molecule has 0 N–H and O–H groups in total. The first-order valence-corrected chi connectivity index (χ1v) is 15.6. The summed E-state index contributed by atoms with van der Waals surface area (Å²) in [6.07, 6.45) is 11.5. The molecule has 202 valence electrons. The summed E-state index contributed by atoms with van der Waals surface area (Å²) < 4.78 is 0. The first-order chi connectivity index (χ1) is 15.6. The van der Waals surface area contributed by atoms with Crippen LogP contribution in [0.5, 0.6) is 0 Å². The Balaban J connectivity index is 2.01. The molecule has 0 heterocycles. The fourth-order valence-electron chi connectivity index (χ4n) is 8.79. The van der Waals surface area contributed by atoms with Gasteiger partial charge in [0.15, 0.2) is 0 Å². The molecule has 0 amide bonds. The molecule has 10 unspecified atom stereocenters. The van der Waals surface area contributed by atoms with Gasteiger partial charge >= 0.3 is 0 Å². The summed E-state index contributed by atoms with van der Waals surface area (Å²) in [5.74, 6) is 9.83. The van der Waals surface area contributed by atoms with Crippen LogP contribution in [0.25, 0.3) is 0 Å². The molecule has 0 bridgehead atoms. The number of hydrogen-bond donors (Lipinski definition) is 0. The van der Waals surface area contributed by atoms with Crippen molar-refractivity contribution >= 4 is 0 Å². The highest BCUT2D eigenvalue weighted by Gasteiger charge is 2.51. The topological polar surface area (TPSA) is 0 Å². The van der Waals surface area contributed by atoms with Crippen LogP contribution in [0.15, 0.2) is 0 Å². The first kappa shape index (κ1) is 30.2. The second kappa shape index (κ2) is 12.0. The van der Waals surface area contributed by atoms with Gasteiger partial charge in [-0.2, -0.15) is 0 Å². The fourth-order valence-corrected chi connectivity index (χ4v) is 8.79. The van der Waals surface area contributed by atoms with Gasteiger partial charge in [0.2, 0.25) is 0 Å². The average Bonchev–Trinajstić information content (AvgIpc) is 3.49. The summed E-state index contributed by atoms with van der Waals surface area (Å²) in [5, 5.41) is 0. The van der Waals surface area contributed by atoms with Gasteiger partial charge in [-0.15, -0.1) is 0 Å². The van der Waals surface area contributed by atoms with Crippen LogP contribution in [0.3, 0.4) is 0 Å². The van der Waals surface area contributed by atoms with Gasteiger partial charge in [0.05, 0.1) is 0 Å². The monoisotopic (exact) mass is 475 g/mol. The molecule has 0 heteroatoms. The van der Waals surface area contributed by atoms with E-state index in [2.05, 4.69) is 90.0 Å². The quantitative estimate of drug-likeness (QED) is 0.264. The van der Waals surface area contributed by atoms with Crippen LogP contribution in [0, 0.1) is 75.9 Å². The van der Waals surface area contributed by atoms with Crippen LogP contribution in [-0.2, 0) is 0 Å². The zero-order valence-corrected chi connectivity index (χ0v) is 26.0. The fraction of sp³-hybridized carbons (Fsp3) is 1.00. The van der Waals surface area contributed by atoms with Crippen LogP contribution in [0.4, 0.5) is 0 Å². The van der Waals surface area contributed by atoms with Crippen molar-refractivity contribution in [1.82, 2.24) is 0 Å². The molecule has 0 saturated heterocycles. The Kier molecular flexibility index (Phi) is 10.7. The number of rotatable bonds is 12. The van der Waals surface area contributed by atoms with Crippen molar-refractivity contribution in [2.45, 2.75) is 141 Å². The third-order valence-electron chi connectivity index (χ3n) is 11.4. The van der Waals surface area contributed by atoms with Crippen molar-refractivity contribution in [1.29, 1.82) is 0 Å². The van der Waals surface area contributed by atoms with Crippen molar-refractivity contribution in [2.75, 3.05) is 0 Å². The van der Waals surface area contributed by atoms with Crippen molar-refractivity contribution in [2.24, 2.45) is 75.9 Å². The third kappa shape index (κ3) is 7.51. The van der Waals surface area contributed by atoms with Crippen LogP contribution < -0.4 is 0 Å². The molecule has 0 aromatic rings. The number of hydrogen-bond acceptors (Lipinski definition) is 0. The van der Waals surface area contributed by atoms with Gasteiger partial charge in [0.25, 0.3) is 0 Å². The maximum Gasteiger partial charge on any atom is -0.0308 e. The lowest BCUT2D eigenvalue weighted by Gasteiger charge is -2.57. The standard InChI is InChI=1S/C34H66/c1-14-34(12,13)32-25(6)20-30(33(9,10)11)31(27(32)8)26(7)23(4)18-19-24(5)29-21-28(29)17-15-16-22(2)3/h22-32H,14-21H2,1-13H3. The van der Waals surface area contributed by atoms with Gasteiger partial charge in [0, 0.05) is 0 Å². The second-order valence-electron chi connectivity index (χ2n) is 15.9. The highest BCUT2D eigenvalue weighted by molar-refractivity contribution is 4.99. The minimum absolute atomic E-state index is 0.410. The Morgan fingerprint density at radius 1 is 0.824 bits per heavy atom. The molecule has 10 atom stereocenters. The lowest BCUT2D eigenvalue weighted by molar-refractivity contribution is -0.0811. The molecule has 34 heavy (non-hydrogen) atoms. The van der Waals surface area contributed by atoms with Crippen LogP contribution >= 0.6 is 0 Å². The molecule has 0 aromatic carbocycles. The van der Waals surface area contributed by atoms with Gasteiger partial charge in [-0.1, -0.05) is 129 Å². The van der Waals surface area contributed by atoms with Gasteiger partial charge in [-0.25, -0.2) is 0 Å². The van der Waals surface area contributed by atoms with Crippen molar-refractivity contribution < 1.29 is 0 Å². The minimum atomic E-state index is 0.410. The Morgan fingerprint density at radius 3 is 1.97 bits per heavy atom. The van der Waals surface area contributed by atoms with Crippen LogP contribution in [-0.4, -0.2) is 0 Å². The summed E-state index contributed by atoms with van der Waals surface area (Å²) in [7, 11) is 0. The predicted molar refractivity (Wildman–Crippen MR) is 154 cm³/mol. The molecule has 0 radical (unpaired) electrons. The highest BCUT2D eigenvalue weighted by Crippen LogP contribution is 2.58. The largest absolute Gasteiger partial charge is 0.0649 e. The van der Waals surface area contributed by atoms with Crippen molar-refractivity contribution in [3.8, 4) is 0 Å². The van der Waals surface area contributed by atoms with Gasteiger partial charge in [-0.3, -0.25) is 0 Å². The molecule has 2 aliphatic carbocycles. The summed E-state index contributed by atoms with van der Waals surface area (Å²) >= 11 is 0. The van der Waals surface area contributed by atoms with E-state index in [1.807, 2.05) is 0 Å². The molecule has 2 saturated carbocycles. The Hall–Kier alpha value is 0. The summed E-state index contributed by atoms with van der Waals surface area (Å²) in [6, 6.07) is 0. The average molecular weight is 475 g/mol. The molecule has 2 aliphatic rings.